The first-order valence-electron chi connectivity index (χ1n) is 11.5. The number of aromatic nitrogens is 1. The van der Waals surface area contributed by atoms with Gasteiger partial charge in [0.1, 0.15) is 10.7 Å². The Hall–Kier alpha value is -2.88. The zero-order valence-electron chi connectivity index (χ0n) is 18.4. The minimum Gasteiger partial charge on any atom is -0.320 e. The molecule has 2 aromatic carbocycles. The lowest BCUT2D eigenvalue weighted by Crippen LogP contribution is -2.14. The van der Waals surface area contributed by atoms with Crippen LogP contribution in [-0.4, -0.2) is 13.0 Å². The quantitative estimate of drug-likeness (QED) is 0.526. The largest absolute Gasteiger partial charge is 0.320 e. The van der Waals surface area contributed by atoms with Gasteiger partial charge in [-0.1, -0.05) is 30.4 Å². The van der Waals surface area contributed by atoms with Gasteiger partial charge >= 0.3 is 0 Å². The van der Waals surface area contributed by atoms with Gasteiger partial charge in [0.05, 0.1) is 0 Å². The molecule has 6 heteroatoms. The maximum Gasteiger partial charge on any atom is 0.240 e. The monoisotopic (exact) mass is 462 g/mol. The second kappa shape index (κ2) is 8.81. The molecule has 170 valence electrons. The summed E-state index contributed by atoms with van der Waals surface area (Å²) >= 11 is 0. The van der Waals surface area contributed by atoms with Crippen molar-refractivity contribution in [1.29, 1.82) is 0 Å². The molecule has 5 rings (SSSR count). The molecule has 1 aromatic heterocycles. The molecule has 2 N–H and O–H groups in total. The van der Waals surface area contributed by atoms with E-state index in [-0.39, 0.29) is 0 Å². The van der Waals surface area contributed by atoms with Crippen molar-refractivity contribution in [2.75, 3.05) is 0 Å². The summed E-state index contributed by atoms with van der Waals surface area (Å²) < 4.78 is 39.8. The van der Waals surface area contributed by atoms with Gasteiger partial charge in [0, 0.05) is 35.5 Å². The van der Waals surface area contributed by atoms with Crippen LogP contribution in [0.4, 0.5) is 4.39 Å². The predicted octanol–water partition coefficient (Wildman–Crippen LogP) is 4.96. The van der Waals surface area contributed by atoms with Gasteiger partial charge in [0.25, 0.3) is 0 Å². The van der Waals surface area contributed by atoms with E-state index >= 15 is 0 Å². The van der Waals surface area contributed by atoms with Crippen LogP contribution in [0.2, 0.25) is 0 Å². The van der Waals surface area contributed by atoms with Gasteiger partial charge < -0.3 is 4.57 Å². The van der Waals surface area contributed by atoms with E-state index in [2.05, 4.69) is 40.8 Å². The van der Waals surface area contributed by atoms with Gasteiger partial charge in [-0.15, -0.1) is 0 Å². The Morgan fingerprint density at radius 3 is 2.55 bits per heavy atom. The second-order valence-electron chi connectivity index (χ2n) is 9.24. The molecule has 0 amide bonds. The highest BCUT2D eigenvalue weighted by Crippen LogP contribution is 2.35. The highest BCUT2D eigenvalue weighted by Gasteiger charge is 2.24. The Morgan fingerprint density at radius 2 is 1.88 bits per heavy atom. The van der Waals surface area contributed by atoms with Crippen LogP contribution in [0.1, 0.15) is 54.5 Å². The normalized spacial score (nSPS) is 16.2. The third kappa shape index (κ3) is 5.05. The summed E-state index contributed by atoms with van der Waals surface area (Å²) in [5, 5.41) is 5.12. The third-order valence-corrected chi connectivity index (χ3v) is 7.56. The van der Waals surface area contributed by atoms with Crippen LogP contribution in [0, 0.1) is 29.5 Å². The van der Waals surface area contributed by atoms with Gasteiger partial charge in [-0.3, -0.25) is 0 Å². The van der Waals surface area contributed by atoms with Gasteiger partial charge in [0.15, 0.2) is 0 Å². The van der Waals surface area contributed by atoms with Crippen molar-refractivity contribution < 1.29 is 12.8 Å². The number of halogens is 1. The van der Waals surface area contributed by atoms with Crippen molar-refractivity contribution in [2.24, 2.45) is 17.0 Å². The molecule has 2 fully saturated rings. The first-order valence-corrected chi connectivity index (χ1v) is 13.0. The second-order valence-corrected chi connectivity index (χ2v) is 10.8. The van der Waals surface area contributed by atoms with E-state index in [0.29, 0.717) is 23.8 Å². The Balaban J connectivity index is 1.49. The van der Waals surface area contributed by atoms with Crippen LogP contribution in [0.25, 0.3) is 5.69 Å². The fourth-order valence-electron chi connectivity index (χ4n) is 4.31. The van der Waals surface area contributed by atoms with E-state index in [4.69, 9.17) is 5.14 Å². The zero-order valence-corrected chi connectivity index (χ0v) is 19.2. The number of hydrogen-bond donors (Lipinski definition) is 1. The van der Waals surface area contributed by atoms with Crippen LogP contribution >= 0.6 is 0 Å². The summed E-state index contributed by atoms with van der Waals surface area (Å²) in [5.41, 5.74) is 5.06. The molecule has 33 heavy (non-hydrogen) atoms. The molecule has 1 heterocycles. The lowest BCUT2D eigenvalue weighted by Gasteiger charge is -2.18. The van der Waals surface area contributed by atoms with Crippen LogP contribution in [0.15, 0.2) is 59.6 Å². The van der Waals surface area contributed by atoms with Crippen molar-refractivity contribution in [2.45, 2.75) is 49.8 Å². The van der Waals surface area contributed by atoms with Gasteiger partial charge in [-0.2, -0.15) is 0 Å². The molecule has 0 saturated heterocycles. The number of hydrogen-bond acceptors (Lipinski definition) is 2. The van der Waals surface area contributed by atoms with Crippen LogP contribution in [0.3, 0.4) is 0 Å². The maximum absolute atomic E-state index is 14.5. The molecular weight excluding hydrogens is 435 g/mol. The van der Waals surface area contributed by atoms with Crippen LogP contribution in [-0.2, 0) is 22.9 Å². The standard InChI is InChI=1S/C27H27FN2O2S/c28-25-17-22(11-12-27(25)33(29,31)32)18-26-23(15-21-9-10-21)13-14-30(26)24-6-2-5-20(16-24)8-7-19-3-1-4-19/h2,5-6,11-14,16-17,19,21H,1,3-4,9-10,15,18H2,(H2,29,31,32). The zero-order chi connectivity index (χ0) is 23.0. The molecular formula is C27H27FN2O2S. The molecule has 2 saturated carbocycles. The summed E-state index contributed by atoms with van der Waals surface area (Å²) in [6.07, 6.45) is 9.72. The molecule has 0 bridgehead atoms. The smallest absolute Gasteiger partial charge is 0.240 e. The molecule has 0 atom stereocenters. The fourth-order valence-corrected chi connectivity index (χ4v) is 4.90. The number of nitrogens with zero attached hydrogens (tertiary/aromatic N) is 1. The highest BCUT2D eigenvalue weighted by molar-refractivity contribution is 7.89. The molecule has 0 aliphatic heterocycles. The predicted molar refractivity (Wildman–Crippen MR) is 127 cm³/mol. The molecule has 0 unspecified atom stereocenters. The van der Waals surface area contributed by atoms with Gasteiger partial charge in [-0.05, 0) is 85.5 Å². The SMILES string of the molecule is NS(=O)(=O)c1ccc(Cc2c(CC3CC3)ccn2-c2cccc(C#CC3CCC3)c2)cc1F. The van der Waals surface area contributed by atoms with Crippen molar-refractivity contribution in [3.05, 3.63) is 82.9 Å². The van der Waals surface area contributed by atoms with Gasteiger partial charge in [-0.25, -0.2) is 17.9 Å². The summed E-state index contributed by atoms with van der Waals surface area (Å²) in [5.74, 6) is 7.11. The Kier molecular flexibility index (Phi) is 5.86. The lowest BCUT2D eigenvalue weighted by atomic mass is 9.86. The first-order chi connectivity index (χ1) is 15.9. The van der Waals surface area contributed by atoms with Crippen LogP contribution in [0.5, 0.6) is 0 Å². The molecule has 2 aliphatic rings. The van der Waals surface area contributed by atoms with E-state index in [1.54, 1.807) is 6.07 Å². The Labute approximate surface area is 194 Å². The summed E-state index contributed by atoms with van der Waals surface area (Å²) in [4.78, 5) is -0.474. The van der Waals surface area contributed by atoms with E-state index in [1.165, 1.54) is 49.8 Å². The van der Waals surface area contributed by atoms with E-state index < -0.39 is 20.7 Å². The third-order valence-electron chi connectivity index (χ3n) is 6.62. The lowest BCUT2D eigenvalue weighted by molar-refractivity contribution is 0.401. The Bertz CT molecular complexity index is 1360. The number of nitrogens with two attached hydrogens (primary N) is 1. The fraction of sp³-hybridized carbons (Fsp3) is 0.333. The van der Waals surface area contributed by atoms with E-state index in [1.807, 2.05) is 12.1 Å². The minimum absolute atomic E-state index is 0.474. The minimum atomic E-state index is -4.09. The summed E-state index contributed by atoms with van der Waals surface area (Å²) in [7, 11) is -4.09. The molecule has 0 spiro atoms. The summed E-state index contributed by atoms with van der Waals surface area (Å²) in [6, 6.07) is 14.5. The molecule has 4 nitrogen and oxygen atoms in total. The number of sulfonamides is 1. The topological polar surface area (TPSA) is 65.1 Å². The van der Waals surface area contributed by atoms with E-state index in [9.17, 15) is 12.8 Å². The molecule has 0 radical (unpaired) electrons. The number of rotatable bonds is 6. The van der Waals surface area contributed by atoms with Crippen LogP contribution < -0.4 is 5.14 Å². The number of benzene rings is 2. The average Bonchev–Trinajstić information content (AvgIpc) is 3.46. The Morgan fingerprint density at radius 1 is 1.06 bits per heavy atom. The highest BCUT2D eigenvalue weighted by atomic mass is 32.2. The molecule has 3 aromatic rings. The first kappa shape index (κ1) is 21.9. The van der Waals surface area contributed by atoms with Crippen molar-refractivity contribution >= 4 is 10.0 Å². The van der Waals surface area contributed by atoms with Gasteiger partial charge in [0.2, 0.25) is 10.0 Å². The van der Waals surface area contributed by atoms with Crippen molar-refractivity contribution in [3.8, 4) is 17.5 Å². The van der Waals surface area contributed by atoms with E-state index in [0.717, 1.165) is 23.4 Å². The summed E-state index contributed by atoms with van der Waals surface area (Å²) in [6.45, 7) is 0. The van der Waals surface area contributed by atoms with Crippen molar-refractivity contribution in [1.82, 2.24) is 4.57 Å². The maximum atomic E-state index is 14.5. The van der Waals surface area contributed by atoms with Crippen molar-refractivity contribution in [3.63, 3.8) is 0 Å². The molecule has 2 aliphatic carbocycles. The average molecular weight is 463 g/mol. The number of primary sulfonamides is 1.